The lowest BCUT2D eigenvalue weighted by molar-refractivity contribution is -0.138. The van der Waals surface area contributed by atoms with Gasteiger partial charge in [0, 0.05) is 21.7 Å². The first-order chi connectivity index (χ1) is 24.2. The van der Waals surface area contributed by atoms with Crippen LogP contribution in [0.15, 0.2) is 82.6 Å². The number of hydrogen-bond donors (Lipinski definition) is 2. The number of H-pyrrole nitrogens is 1. The van der Waals surface area contributed by atoms with Crippen LogP contribution in [0.3, 0.4) is 0 Å². The largest absolute Gasteiger partial charge is 0.484 e. The van der Waals surface area contributed by atoms with Gasteiger partial charge in [0.05, 0.1) is 33.7 Å². The maximum absolute atomic E-state index is 14.0. The number of benzene rings is 3. The fourth-order valence-corrected chi connectivity index (χ4v) is 11.3. The van der Waals surface area contributed by atoms with Crippen LogP contribution < -0.4 is 19.8 Å². The minimum absolute atomic E-state index is 0.0530. The average molecular weight is 746 g/mol. The Kier molecular flexibility index (Phi) is 7.90. The number of imide groups is 1. The van der Waals surface area contributed by atoms with Gasteiger partial charge in [-0.25, -0.2) is 4.90 Å². The maximum Gasteiger partial charge on any atom is 0.418 e. The second-order valence-corrected chi connectivity index (χ2v) is 15.2. The number of ether oxygens (including phenoxy) is 1. The van der Waals surface area contributed by atoms with Crippen LogP contribution in [0.5, 0.6) is 5.75 Å². The van der Waals surface area contributed by atoms with Gasteiger partial charge in [-0.1, -0.05) is 41.7 Å². The Morgan fingerprint density at radius 1 is 0.882 bits per heavy atom. The van der Waals surface area contributed by atoms with Crippen molar-refractivity contribution >= 4 is 52.2 Å². The van der Waals surface area contributed by atoms with Crippen molar-refractivity contribution in [3.63, 3.8) is 0 Å². The number of nitrogens with zero attached hydrogens (tertiary/aromatic N) is 1. The van der Waals surface area contributed by atoms with E-state index in [2.05, 4.69) is 10.3 Å². The third kappa shape index (κ3) is 5.62. The first-order valence-corrected chi connectivity index (χ1v) is 17.5. The van der Waals surface area contributed by atoms with Gasteiger partial charge < -0.3 is 15.0 Å². The number of para-hydroxylation sites is 1. The summed E-state index contributed by atoms with van der Waals surface area (Å²) in [7, 11) is 0. The number of hydrogen-bond acceptors (Lipinski definition) is 7. The van der Waals surface area contributed by atoms with E-state index in [1.807, 2.05) is 6.07 Å². The zero-order chi connectivity index (χ0) is 36.0. The summed E-state index contributed by atoms with van der Waals surface area (Å²) in [4.78, 5) is 57.1. The third-order valence-electron chi connectivity index (χ3n) is 10.2. The summed E-state index contributed by atoms with van der Waals surface area (Å²) in [5.74, 6) is -4.74. The van der Waals surface area contributed by atoms with E-state index in [9.17, 15) is 45.5 Å². The van der Waals surface area contributed by atoms with E-state index in [0.29, 0.717) is 21.9 Å². The van der Waals surface area contributed by atoms with E-state index < -0.39 is 71.2 Å². The number of halogens is 6. The van der Waals surface area contributed by atoms with Crippen molar-refractivity contribution in [1.29, 1.82) is 0 Å². The summed E-state index contributed by atoms with van der Waals surface area (Å²) in [6.45, 7) is -0.519. The molecule has 264 valence electrons. The van der Waals surface area contributed by atoms with Crippen LogP contribution in [-0.2, 0) is 26.7 Å². The van der Waals surface area contributed by atoms with Crippen molar-refractivity contribution in [3.8, 4) is 5.75 Å². The topological polar surface area (TPSA) is 109 Å². The number of carbonyl (C=O) groups excluding carboxylic acids is 3. The molecule has 2 N–H and O–H groups in total. The molecule has 6 unspecified atom stereocenters. The molecule has 4 aromatic rings. The second kappa shape index (κ2) is 12.0. The normalized spacial score (nSPS) is 26.5. The highest BCUT2D eigenvalue weighted by Gasteiger charge is 2.70. The molecule has 8 rings (SSSR count). The summed E-state index contributed by atoms with van der Waals surface area (Å²) in [6, 6.07) is 15.6. The molecule has 3 amide bonds. The number of aromatic amines is 1. The second-order valence-electron chi connectivity index (χ2n) is 13.0. The Bertz CT molecular complexity index is 2150. The Morgan fingerprint density at radius 3 is 2.35 bits per heavy atom. The van der Waals surface area contributed by atoms with Crippen LogP contribution >= 0.6 is 23.1 Å². The summed E-state index contributed by atoms with van der Waals surface area (Å²) in [6.07, 6.45) is -8.85. The molecule has 3 aromatic carbocycles. The molecule has 3 fully saturated rings. The number of thiazole rings is 1. The molecule has 16 heteroatoms. The van der Waals surface area contributed by atoms with Crippen molar-refractivity contribution in [1.82, 2.24) is 4.98 Å². The van der Waals surface area contributed by atoms with Crippen molar-refractivity contribution in [2.24, 2.45) is 29.6 Å². The van der Waals surface area contributed by atoms with Crippen molar-refractivity contribution in [3.05, 3.63) is 104 Å². The van der Waals surface area contributed by atoms with Gasteiger partial charge in [0.1, 0.15) is 5.75 Å². The van der Waals surface area contributed by atoms with Crippen LogP contribution in [0, 0.1) is 29.6 Å². The van der Waals surface area contributed by atoms with E-state index in [-0.39, 0.29) is 39.3 Å². The molecule has 51 heavy (non-hydrogen) atoms. The maximum atomic E-state index is 14.0. The van der Waals surface area contributed by atoms with Crippen LogP contribution in [0.1, 0.15) is 33.9 Å². The van der Waals surface area contributed by atoms with Gasteiger partial charge in [-0.05, 0) is 72.2 Å². The SMILES string of the molecule is O=C(COc1cccc([C@H]2c3sc(=O)[nH]c3SC3C4CC(C5C(=O)N(c6ccccc6C(F)(F)F)C(=O)C45)C32)c1)Nc1cccc(C(F)(F)F)c1. The Hall–Kier alpha value is -4.57. The number of nitrogens with one attached hydrogen (secondary N) is 2. The zero-order valence-electron chi connectivity index (χ0n) is 26.0. The number of fused-ring (bicyclic) bond motifs is 9. The van der Waals surface area contributed by atoms with Gasteiger partial charge in [0.15, 0.2) is 6.61 Å². The lowest BCUT2D eigenvalue weighted by Gasteiger charge is -2.43. The van der Waals surface area contributed by atoms with Gasteiger partial charge in [-0.3, -0.25) is 19.2 Å². The van der Waals surface area contributed by atoms with Gasteiger partial charge in [-0.15, -0.1) is 11.8 Å². The van der Waals surface area contributed by atoms with E-state index >= 15 is 0 Å². The van der Waals surface area contributed by atoms with Crippen molar-refractivity contribution in [2.45, 2.75) is 35.0 Å². The molecule has 2 bridgehead atoms. The summed E-state index contributed by atoms with van der Waals surface area (Å²) >= 11 is 2.45. The number of alkyl halides is 6. The van der Waals surface area contributed by atoms with E-state index in [0.717, 1.165) is 40.5 Å². The van der Waals surface area contributed by atoms with Gasteiger partial charge in [-0.2, -0.15) is 26.3 Å². The molecular formula is C35H25F6N3O5S2. The van der Waals surface area contributed by atoms with Crippen LogP contribution in [-0.4, -0.2) is 34.6 Å². The molecule has 2 saturated carbocycles. The Morgan fingerprint density at radius 2 is 1.61 bits per heavy atom. The quantitative estimate of drug-likeness (QED) is 0.160. The number of thioether (sulfide) groups is 1. The van der Waals surface area contributed by atoms with Crippen LogP contribution in [0.2, 0.25) is 0 Å². The first kappa shape index (κ1) is 33.6. The fraction of sp³-hybridized carbons (Fsp3) is 0.314. The predicted molar refractivity (Wildman–Crippen MR) is 174 cm³/mol. The number of aromatic nitrogens is 1. The summed E-state index contributed by atoms with van der Waals surface area (Å²) in [5.41, 5.74) is -1.81. The van der Waals surface area contributed by atoms with Crippen LogP contribution in [0.4, 0.5) is 37.7 Å². The predicted octanol–water partition coefficient (Wildman–Crippen LogP) is 7.17. The van der Waals surface area contributed by atoms with Gasteiger partial charge in [0.25, 0.3) is 5.91 Å². The van der Waals surface area contributed by atoms with E-state index in [4.69, 9.17) is 4.74 Å². The monoisotopic (exact) mass is 745 g/mol. The average Bonchev–Trinajstić information content (AvgIpc) is 3.82. The molecule has 7 atom stereocenters. The Balaban J connectivity index is 1.07. The molecule has 1 saturated heterocycles. The highest BCUT2D eigenvalue weighted by molar-refractivity contribution is 8.00. The van der Waals surface area contributed by atoms with Gasteiger partial charge in [0.2, 0.25) is 11.8 Å². The zero-order valence-corrected chi connectivity index (χ0v) is 27.6. The van der Waals surface area contributed by atoms with Gasteiger partial charge >= 0.3 is 17.2 Å². The molecule has 3 heterocycles. The highest BCUT2D eigenvalue weighted by Crippen LogP contribution is 2.69. The summed E-state index contributed by atoms with van der Waals surface area (Å²) < 4.78 is 87.0. The molecule has 2 aliphatic heterocycles. The minimum Gasteiger partial charge on any atom is -0.484 e. The van der Waals surface area contributed by atoms with E-state index in [1.165, 1.54) is 36.0 Å². The first-order valence-electron chi connectivity index (χ1n) is 15.8. The van der Waals surface area contributed by atoms with Crippen LogP contribution in [0.25, 0.3) is 0 Å². The molecule has 4 aliphatic rings. The number of rotatable bonds is 6. The lowest BCUT2D eigenvalue weighted by Crippen LogP contribution is -2.42. The molecule has 1 aromatic heterocycles. The smallest absolute Gasteiger partial charge is 0.418 e. The molecule has 2 aliphatic carbocycles. The molecular weight excluding hydrogens is 721 g/mol. The van der Waals surface area contributed by atoms with Crippen molar-refractivity contribution < 1.29 is 45.5 Å². The minimum atomic E-state index is -4.78. The summed E-state index contributed by atoms with van der Waals surface area (Å²) in [5, 5.41) is 2.80. The van der Waals surface area contributed by atoms with Crippen molar-refractivity contribution in [2.75, 3.05) is 16.8 Å². The number of carbonyl (C=O) groups is 3. The third-order valence-corrected chi connectivity index (χ3v) is 12.8. The Labute approximate surface area is 293 Å². The molecule has 8 nitrogen and oxygen atoms in total. The number of amides is 3. The standard InChI is InChI=1S/C35H25F6N3O5S2/c36-34(37,38)16-6-4-7-17(12-16)42-23(45)14-49-18-8-3-5-15(11-18)24-25-19-13-20(28(25)50-30-29(24)51-33(48)43-30)27-26(19)31(46)44(32(27)47)22-10-2-1-9-21(22)35(39,40)41/h1-12,19-20,24-28H,13-14H2,(H,42,45)(H,43,48)/t19?,20?,24-,25?,26?,27?,28?/m1/s1. The number of anilines is 2. The lowest BCUT2D eigenvalue weighted by atomic mass is 9.68. The fourth-order valence-electron chi connectivity index (χ4n) is 8.45. The highest BCUT2D eigenvalue weighted by atomic mass is 32.2. The van der Waals surface area contributed by atoms with E-state index in [1.54, 1.807) is 18.2 Å². The molecule has 0 spiro atoms. The molecule has 0 radical (unpaired) electrons.